The maximum absolute atomic E-state index is 5.92. The average Bonchev–Trinajstić information content (AvgIpc) is 2.32. The predicted octanol–water partition coefficient (Wildman–Crippen LogP) is 2.49. The SMILES string of the molecule is CCCCOCCNC1CCOC2(CCC2)C1. The summed E-state index contributed by atoms with van der Waals surface area (Å²) in [6, 6.07) is 0.652. The lowest BCUT2D eigenvalue weighted by Crippen LogP contribution is -2.51. The third kappa shape index (κ3) is 3.94. The second kappa shape index (κ2) is 6.72. The fourth-order valence-electron chi connectivity index (χ4n) is 2.81. The van der Waals surface area contributed by atoms with E-state index in [-0.39, 0.29) is 5.60 Å². The molecule has 1 atom stereocenters. The standard InChI is InChI=1S/C14H27NO2/c1-2-3-9-16-11-8-15-13-5-10-17-14(12-13)6-4-7-14/h13,15H,2-12H2,1H3. The van der Waals surface area contributed by atoms with Gasteiger partial charge in [-0.2, -0.15) is 0 Å². The zero-order chi connectivity index (χ0) is 12.0. The molecule has 2 rings (SSSR count). The second-order valence-corrected chi connectivity index (χ2v) is 5.49. The van der Waals surface area contributed by atoms with Gasteiger partial charge in [-0.05, 0) is 38.5 Å². The van der Waals surface area contributed by atoms with Crippen molar-refractivity contribution in [3.8, 4) is 0 Å². The fraction of sp³-hybridized carbons (Fsp3) is 1.00. The molecule has 1 N–H and O–H groups in total. The highest BCUT2D eigenvalue weighted by atomic mass is 16.5. The van der Waals surface area contributed by atoms with Crippen molar-refractivity contribution in [1.82, 2.24) is 5.32 Å². The smallest absolute Gasteiger partial charge is 0.0697 e. The second-order valence-electron chi connectivity index (χ2n) is 5.49. The van der Waals surface area contributed by atoms with Crippen molar-refractivity contribution in [1.29, 1.82) is 0 Å². The first kappa shape index (κ1) is 13.3. The first-order valence-corrected chi connectivity index (χ1v) is 7.30. The van der Waals surface area contributed by atoms with E-state index in [1.54, 1.807) is 0 Å². The molecular formula is C14H27NO2. The Morgan fingerprint density at radius 2 is 2.24 bits per heavy atom. The highest BCUT2D eigenvalue weighted by molar-refractivity contribution is 4.95. The van der Waals surface area contributed by atoms with E-state index in [1.807, 2.05) is 0 Å². The molecule has 0 aromatic heterocycles. The van der Waals surface area contributed by atoms with E-state index in [9.17, 15) is 0 Å². The minimum absolute atomic E-state index is 0.263. The lowest BCUT2D eigenvalue weighted by atomic mass is 9.74. The molecule has 1 aliphatic heterocycles. The summed E-state index contributed by atoms with van der Waals surface area (Å²) in [5.74, 6) is 0. The lowest BCUT2D eigenvalue weighted by Gasteiger charge is -2.47. The van der Waals surface area contributed by atoms with Crippen LogP contribution in [-0.2, 0) is 9.47 Å². The Labute approximate surface area is 105 Å². The molecule has 0 radical (unpaired) electrons. The van der Waals surface area contributed by atoms with Gasteiger partial charge in [0.1, 0.15) is 0 Å². The Morgan fingerprint density at radius 1 is 1.35 bits per heavy atom. The Balaban J connectivity index is 1.53. The van der Waals surface area contributed by atoms with Crippen molar-refractivity contribution in [2.45, 2.75) is 63.5 Å². The summed E-state index contributed by atoms with van der Waals surface area (Å²) < 4.78 is 11.5. The van der Waals surface area contributed by atoms with Crippen LogP contribution in [0.25, 0.3) is 0 Å². The van der Waals surface area contributed by atoms with Gasteiger partial charge in [0.2, 0.25) is 0 Å². The van der Waals surface area contributed by atoms with Gasteiger partial charge in [-0.15, -0.1) is 0 Å². The maximum atomic E-state index is 5.92. The molecule has 3 nitrogen and oxygen atoms in total. The van der Waals surface area contributed by atoms with Crippen LogP contribution in [0.2, 0.25) is 0 Å². The van der Waals surface area contributed by atoms with Gasteiger partial charge in [0.25, 0.3) is 0 Å². The zero-order valence-electron chi connectivity index (χ0n) is 11.2. The van der Waals surface area contributed by atoms with E-state index < -0.39 is 0 Å². The third-order valence-corrected chi connectivity index (χ3v) is 4.08. The van der Waals surface area contributed by atoms with Gasteiger partial charge in [0, 0.05) is 25.8 Å². The molecule has 0 bridgehead atoms. The molecule has 0 aromatic carbocycles. The molecule has 1 heterocycles. The molecular weight excluding hydrogens is 214 g/mol. The van der Waals surface area contributed by atoms with E-state index in [0.29, 0.717) is 6.04 Å². The lowest BCUT2D eigenvalue weighted by molar-refractivity contribution is -0.135. The van der Waals surface area contributed by atoms with Crippen LogP contribution in [-0.4, -0.2) is 38.0 Å². The van der Waals surface area contributed by atoms with Gasteiger partial charge in [-0.1, -0.05) is 13.3 Å². The van der Waals surface area contributed by atoms with Gasteiger partial charge in [-0.25, -0.2) is 0 Å². The normalized spacial score (nSPS) is 27.0. The number of rotatable bonds is 7. The molecule has 2 fully saturated rings. The fourth-order valence-corrected chi connectivity index (χ4v) is 2.81. The molecule has 3 heteroatoms. The Kier molecular flexibility index (Phi) is 5.26. The summed E-state index contributed by atoms with van der Waals surface area (Å²) >= 11 is 0. The monoisotopic (exact) mass is 241 g/mol. The summed E-state index contributed by atoms with van der Waals surface area (Å²) in [6.45, 7) is 5.89. The third-order valence-electron chi connectivity index (χ3n) is 4.08. The molecule has 1 spiro atoms. The summed E-state index contributed by atoms with van der Waals surface area (Å²) in [5, 5.41) is 3.62. The number of unbranched alkanes of at least 4 members (excludes halogenated alkanes) is 1. The highest BCUT2D eigenvalue weighted by Gasteiger charge is 2.42. The number of hydrogen-bond acceptors (Lipinski definition) is 3. The summed E-state index contributed by atoms with van der Waals surface area (Å²) in [5.41, 5.74) is 0.263. The molecule has 1 unspecified atom stereocenters. The van der Waals surface area contributed by atoms with Crippen LogP contribution in [0.1, 0.15) is 51.9 Å². The highest BCUT2D eigenvalue weighted by Crippen LogP contribution is 2.42. The van der Waals surface area contributed by atoms with Gasteiger partial charge >= 0.3 is 0 Å². The molecule has 1 aliphatic carbocycles. The first-order valence-electron chi connectivity index (χ1n) is 7.30. The molecule has 100 valence electrons. The Bertz CT molecular complexity index is 216. The quantitative estimate of drug-likeness (QED) is 0.695. The van der Waals surface area contributed by atoms with E-state index >= 15 is 0 Å². The van der Waals surface area contributed by atoms with E-state index in [4.69, 9.17) is 9.47 Å². The van der Waals surface area contributed by atoms with Crippen LogP contribution in [0.15, 0.2) is 0 Å². The van der Waals surface area contributed by atoms with Crippen LogP contribution >= 0.6 is 0 Å². The van der Waals surface area contributed by atoms with Crippen molar-refractivity contribution < 1.29 is 9.47 Å². The van der Waals surface area contributed by atoms with Crippen LogP contribution in [0.4, 0.5) is 0 Å². The zero-order valence-corrected chi connectivity index (χ0v) is 11.2. The van der Waals surface area contributed by atoms with Crippen LogP contribution < -0.4 is 5.32 Å². The van der Waals surface area contributed by atoms with E-state index in [0.717, 1.165) is 32.8 Å². The summed E-state index contributed by atoms with van der Waals surface area (Å²) in [7, 11) is 0. The summed E-state index contributed by atoms with van der Waals surface area (Å²) in [6.07, 6.45) is 8.68. The topological polar surface area (TPSA) is 30.5 Å². The number of ether oxygens (including phenoxy) is 2. The van der Waals surface area contributed by atoms with Gasteiger partial charge in [0.15, 0.2) is 0 Å². The van der Waals surface area contributed by atoms with Crippen molar-refractivity contribution in [2.75, 3.05) is 26.4 Å². The average molecular weight is 241 g/mol. The van der Waals surface area contributed by atoms with Crippen LogP contribution in [0, 0.1) is 0 Å². The van der Waals surface area contributed by atoms with Crippen molar-refractivity contribution >= 4 is 0 Å². The van der Waals surface area contributed by atoms with E-state index in [2.05, 4.69) is 12.2 Å². The van der Waals surface area contributed by atoms with Gasteiger partial charge in [0.05, 0.1) is 12.2 Å². The van der Waals surface area contributed by atoms with Crippen LogP contribution in [0.5, 0.6) is 0 Å². The molecule has 0 amide bonds. The minimum atomic E-state index is 0.263. The maximum Gasteiger partial charge on any atom is 0.0697 e. The number of nitrogens with one attached hydrogen (secondary N) is 1. The predicted molar refractivity (Wildman–Crippen MR) is 69.3 cm³/mol. The largest absolute Gasteiger partial charge is 0.380 e. The van der Waals surface area contributed by atoms with Gasteiger partial charge < -0.3 is 14.8 Å². The molecule has 2 aliphatic rings. The van der Waals surface area contributed by atoms with Gasteiger partial charge in [-0.3, -0.25) is 0 Å². The first-order chi connectivity index (χ1) is 8.35. The Hall–Kier alpha value is -0.120. The molecule has 0 aromatic rings. The summed E-state index contributed by atoms with van der Waals surface area (Å²) in [4.78, 5) is 0. The van der Waals surface area contributed by atoms with Crippen molar-refractivity contribution in [3.63, 3.8) is 0 Å². The molecule has 1 saturated carbocycles. The van der Waals surface area contributed by atoms with Crippen LogP contribution in [0.3, 0.4) is 0 Å². The van der Waals surface area contributed by atoms with Crippen molar-refractivity contribution in [2.24, 2.45) is 0 Å². The molecule has 1 saturated heterocycles. The molecule has 17 heavy (non-hydrogen) atoms. The van der Waals surface area contributed by atoms with E-state index in [1.165, 1.54) is 38.5 Å². The Morgan fingerprint density at radius 3 is 2.94 bits per heavy atom. The minimum Gasteiger partial charge on any atom is -0.380 e. The van der Waals surface area contributed by atoms with Crippen molar-refractivity contribution in [3.05, 3.63) is 0 Å². The number of hydrogen-bond donors (Lipinski definition) is 1.